The lowest BCUT2D eigenvalue weighted by atomic mass is 10.0. The van der Waals surface area contributed by atoms with Crippen LogP contribution in [0.1, 0.15) is 188 Å². The van der Waals surface area contributed by atoms with Gasteiger partial charge in [0.2, 0.25) is 0 Å². The fourth-order valence-corrected chi connectivity index (χ4v) is 6.18. The molecule has 0 aromatic rings. The Kier molecular flexibility index (Phi) is 39.4. The van der Waals surface area contributed by atoms with Gasteiger partial charge in [0.15, 0.2) is 0 Å². The van der Waals surface area contributed by atoms with Gasteiger partial charge in [-0.15, -0.1) is 0 Å². The van der Waals surface area contributed by atoms with E-state index in [0.29, 0.717) is 6.61 Å². The Balaban J connectivity index is 4.28. The molecule has 0 unspecified atom stereocenters. The van der Waals surface area contributed by atoms with Crippen molar-refractivity contribution in [1.29, 1.82) is 0 Å². The van der Waals surface area contributed by atoms with Gasteiger partial charge in [0.1, 0.15) is 12.7 Å². The number of carbonyl (C=O) groups excluding carboxylic acids is 1. The van der Waals surface area contributed by atoms with Crippen LogP contribution in [0.2, 0.25) is 0 Å². The minimum absolute atomic E-state index is 0.0230. The third kappa shape index (κ3) is 39.2. The number of ether oxygens (including phenoxy) is 2. The van der Waals surface area contributed by atoms with Crippen LogP contribution in [-0.4, -0.2) is 68.9 Å². The number of likely N-dealkylation sites (N-methyl/N-ethyl adjacent to an activating group) is 2. The average Bonchev–Trinajstić information content (AvgIpc) is 3.12. The van der Waals surface area contributed by atoms with Gasteiger partial charge >= 0.3 is 6.16 Å². The Morgan fingerprint density at radius 2 is 0.922 bits per heavy atom. The molecule has 0 saturated carbocycles. The van der Waals surface area contributed by atoms with E-state index in [2.05, 4.69) is 93.3 Å². The van der Waals surface area contributed by atoms with Crippen LogP contribution in [0.5, 0.6) is 0 Å². The standard InChI is InChI=1S/C46H86N2O3/c1-6-9-11-13-15-17-19-21-23-25-27-29-31-33-35-37-39-45(51-46(49)50-44-43-48(8-3)42-41-47(4)5)40-38-36-34-32-30-28-26-24-22-20-18-16-14-12-10-7-2/h15-18,21-24,45H,6-14,19-20,25-44H2,1-5H3/b17-15-,18-16-,23-21-,24-22-. The highest BCUT2D eigenvalue weighted by Crippen LogP contribution is 2.18. The second-order valence-corrected chi connectivity index (χ2v) is 14.8. The smallest absolute Gasteiger partial charge is 0.433 e. The van der Waals surface area contributed by atoms with Gasteiger partial charge in [-0.25, -0.2) is 4.79 Å². The normalized spacial score (nSPS) is 12.4. The summed E-state index contributed by atoms with van der Waals surface area (Å²) in [6.45, 7) is 10.8. The number of carbonyl (C=O) groups is 1. The topological polar surface area (TPSA) is 42.0 Å². The molecule has 0 bridgehead atoms. The third-order valence-corrected chi connectivity index (χ3v) is 9.65. The van der Waals surface area contributed by atoms with E-state index in [9.17, 15) is 4.79 Å². The molecular formula is C46H86N2O3. The number of nitrogens with zero attached hydrogens (tertiary/aromatic N) is 2. The third-order valence-electron chi connectivity index (χ3n) is 9.65. The summed E-state index contributed by atoms with van der Waals surface area (Å²) < 4.78 is 11.4. The zero-order valence-corrected chi connectivity index (χ0v) is 34.7. The van der Waals surface area contributed by atoms with Crippen molar-refractivity contribution in [2.75, 3.05) is 46.9 Å². The number of unbranched alkanes of at least 4 members (excludes halogenated alkanes) is 18. The van der Waals surface area contributed by atoms with Gasteiger partial charge in [-0.2, -0.15) is 0 Å². The maximum absolute atomic E-state index is 12.6. The molecule has 0 aliphatic rings. The summed E-state index contributed by atoms with van der Waals surface area (Å²) in [5.41, 5.74) is 0. The molecule has 0 aliphatic heterocycles. The van der Waals surface area contributed by atoms with Crippen LogP contribution in [0.4, 0.5) is 4.79 Å². The minimum Gasteiger partial charge on any atom is -0.433 e. The first-order chi connectivity index (χ1) is 25.0. The zero-order valence-electron chi connectivity index (χ0n) is 34.7. The van der Waals surface area contributed by atoms with Gasteiger partial charge in [0.25, 0.3) is 0 Å². The molecule has 5 nitrogen and oxygen atoms in total. The van der Waals surface area contributed by atoms with Crippen molar-refractivity contribution in [3.05, 3.63) is 48.6 Å². The summed E-state index contributed by atoms with van der Waals surface area (Å²) in [4.78, 5) is 17.1. The van der Waals surface area contributed by atoms with Crippen LogP contribution >= 0.6 is 0 Å². The fraction of sp³-hybridized carbons (Fsp3) is 0.804. The minimum atomic E-state index is -0.483. The number of hydrogen-bond acceptors (Lipinski definition) is 5. The van der Waals surface area contributed by atoms with Crippen LogP contribution in [-0.2, 0) is 9.47 Å². The number of allylic oxidation sites excluding steroid dienone is 8. The highest BCUT2D eigenvalue weighted by Gasteiger charge is 2.16. The van der Waals surface area contributed by atoms with E-state index in [4.69, 9.17) is 9.47 Å². The largest absolute Gasteiger partial charge is 0.508 e. The van der Waals surface area contributed by atoms with E-state index in [-0.39, 0.29) is 6.10 Å². The number of rotatable bonds is 38. The average molecular weight is 715 g/mol. The van der Waals surface area contributed by atoms with Gasteiger partial charge in [0, 0.05) is 19.6 Å². The second-order valence-electron chi connectivity index (χ2n) is 14.8. The molecule has 0 saturated heterocycles. The molecule has 51 heavy (non-hydrogen) atoms. The summed E-state index contributed by atoms with van der Waals surface area (Å²) >= 11 is 0. The van der Waals surface area contributed by atoms with Crippen LogP contribution < -0.4 is 0 Å². The van der Waals surface area contributed by atoms with Crippen LogP contribution in [0, 0.1) is 0 Å². The summed E-state index contributed by atoms with van der Waals surface area (Å²) in [5.74, 6) is 0. The van der Waals surface area contributed by atoms with Crippen molar-refractivity contribution in [2.45, 2.75) is 194 Å². The first-order valence-electron chi connectivity index (χ1n) is 21.8. The molecule has 0 radical (unpaired) electrons. The quantitative estimate of drug-likeness (QED) is 0.0362. The first kappa shape index (κ1) is 49.1. The summed E-state index contributed by atoms with van der Waals surface area (Å²) in [6, 6.07) is 0. The van der Waals surface area contributed by atoms with Crippen molar-refractivity contribution in [1.82, 2.24) is 9.80 Å². The Labute approximate surface area is 318 Å². The van der Waals surface area contributed by atoms with E-state index in [1.54, 1.807) is 0 Å². The van der Waals surface area contributed by atoms with Gasteiger partial charge in [0.05, 0.1) is 0 Å². The number of hydrogen-bond donors (Lipinski definition) is 0. The molecule has 0 rings (SSSR count). The van der Waals surface area contributed by atoms with Gasteiger partial charge in [-0.3, -0.25) is 4.90 Å². The van der Waals surface area contributed by atoms with Crippen LogP contribution in [0.3, 0.4) is 0 Å². The van der Waals surface area contributed by atoms with Crippen molar-refractivity contribution >= 4 is 6.16 Å². The van der Waals surface area contributed by atoms with Gasteiger partial charge < -0.3 is 14.4 Å². The Morgan fingerprint density at radius 1 is 0.510 bits per heavy atom. The molecule has 0 N–H and O–H groups in total. The maximum Gasteiger partial charge on any atom is 0.508 e. The van der Waals surface area contributed by atoms with Crippen molar-refractivity contribution in [3.8, 4) is 0 Å². The van der Waals surface area contributed by atoms with E-state index in [1.807, 2.05) is 0 Å². The van der Waals surface area contributed by atoms with Gasteiger partial charge in [-0.05, 0) is 111 Å². The SMILES string of the molecule is CCCCC/C=C\C/C=C\CCCCCCCCC(CCCCCCCC/C=C\C/C=C\CCCCC)OC(=O)OCCN(CC)CCN(C)C. The highest BCUT2D eigenvalue weighted by atomic mass is 16.7. The Bertz CT molecular complexity index is 786. The molecule has 0 aromatic carbocycles. The molecule has 0 aromatic heterocycles. The fourth-order valence-electron chi connectivity index (χ4n) is 6.18. The molecule has 0 heterocycles. The predicted molar refractivity (Wildman–Crippen MR) is 225 cm³/mol. The summed E-state index contributed by atoms with van der Waals surface area (Å²) in [5, 5.41) is 0. The Hall–Kier alpha value is -1.85. The lowest BCUT2D eigenvalue weighted by Crippen LogP contribution is -2.34. The predicted octanol–water partition coefficient (Wildman–Crippen LogP) is 13.8. The summed E-state index contributed by atoms with van der Waals surface area (Å²) in [6.07, 6.45) is 50.0. The molecule has 0 spiro atoms. The monoisotopic (exact) mass is 715 g/mol. The van der Waals surface area contributed by atoms with Crippen LogP contribution in [0.25, 0.3) is 0 Å². The van der Waals surface area contributed by atoms with E-state index in [1.165, 1.54) is 128 Å². The second kappa shape index (κ2) is 40.9. The van der Waals surface area contributed by atoms with Crippen molar-refractivity contribution in [2.24, 2.45) is 0 Å². The molecular weight excluding hydrogens is 629 g/mol. The van der Waals surface area contributed by atoms with E-state index < -0.39 is 6.16 Å². The molecule has 0 fully saturated rings. The molecule has 0 amide bonds. The maximum atomic E-state index is 12.6. The Morgan fingerprint density at radius 3 is 1.33 bits per heavy atom. The lowest BCUT2D eigenvalue weighted by molar-refractivity contribution is 0.0120. The van der Waals surface area contributed by atoms with E-state index >= 15 is 0 Å². The van der Waals surface area contributed by atoms with Crippen LogP contribution in [0.15, 0.2) is 48.6 Å². The van der Waals surface area contributed by atoms with E-state index in [0.717, 1.165) is 64.7 Å². The zero-order chi connectivity index (χ0) is 37.3. The van der Waals surface area contributed by atoms with Crippen molar-refractivity contribution < 1.29 is 14.3 Å². The lowest BCUT2D eigenvalue weighted by Gasteiger charge is -2.22. The van der Waals surface area contributed by atoms with Gasteiger partial charge in [-0.1, -0.05) is 146 Å². The molecule has 0 atom stereocenters. The summed E-state index contributed by atoms with van der Waals surface area (Å²) in [7, 11) is 4.18. The molecule has 5 heteroatoms. The van der Waals surface area contributed by atoms with Crippen molar-refractivity contribution in [3.63, 3.8) is 0 Å². The molecule has 298 valence electrons. The first-order valence-corrected chi connectivity index (χ1v) is 21.8. The highest BCUT2D eigenvalue weighted by molar-refractivity contribution is 5.60. The molecule has 0 aliphatic carbocycles.